The molecule has 2 aromatic heterocycles. The molecule has 0 bridgehead atoms. The molecular weight excluding hydrogens is 739 g/mol. The van der Waals surface area contributed by atoms with E-state index in [-0.39, 0.29) is 0 Å². The van der Waals surface area contributed by atoms with E-state index in [9.17, 15) is 0 Å². The maximum Gasteiger partial charge on any atom is 0.0547 e. The average Bonchev–Trinajstić information content (AvgIpc) is 3.83. The Labute approximate surface area is 354 Å². The molecule has 12 rings (SSSR count). The van der Waals surface area contributed by atoms with E-state index in [0.29, 0.717) is 0 Å². The van der Waals surface area contributed by atoms with Gasteiger partial charge in [-0.3, -0.25) is 0 Å². The van der Waals surface area contributed by atoms with Gasteiger partial charge in [0.15, 0.2) is 0 Å². The molecule has 0 aliphatic carbocycles. The summed E-state index contributed by atoms with van der Waals surface area (Å²) in [5, 5.41) is 7.38. The molecule has 3 nitrogen and oxygen atoms in total. The van der Waals surface area contributed by atoms with E-state index in [0.717, 1.165) is 39.6 Å². The van der Waals surface area contributed by atoms with Gasteiger partial charge in [-0.1, -0.05) is 152 Å². The lowest BCUT2D eigenvalue weighted by molar-refractivity contribution is 1.18. The molecule has 0 fully saturated rings. The minimum atomic E-state index is 1.09. The molecular formula is C58H39N3. The fourth-order valence-electron chi connectivity index (χ4n) is 9.45. The Morgan fingerprint density at radius 3 is 1.52 bits per heavy atom. The number of fused-ring (bicyclic) bond motifs is 7. The van der Waals surface area contributed by atoms with E-state index in [1.54, 1.807) is 0 Å². The zero-order valence-corrected chi connectivity index (χ0v) is 33.4. The highest BCUT2D eigenvalue weighted by Crippen LogP contribution is 2.45. The molecule has 0 aliphatic heterocycles. The first-order chi connectivity index (χ1) is 30.3. The maximum atomic E-state index is 2.44. The predicted molar refractivity (Wildman–Crippen MR) is 258 cm³/mol. The van der Waals surface area contributed by atoms with Crippen molar-refractivity contribution in [1.82, 2.24) is 9.13 Å². The first-order valence-corrected chi connectivity index (χ1v) is 20.9. The van der Waals surface area contributed by atoms with Gasteiger partial charge in [0.2, 0.25) is 0 Å². The van der Waals surface area contributed by atoms with E-state index in [2.05, 4.69) is 251 Å². The fourth-order valence-corrected chi connectivity index (χ4v) is 9.45. The second-order valence-corrected chi connectivity index (χ2v) is 15.8. The molecule has 0 saturated carbocycles. The summed E-state index contributed by atoms with van der Waals surface area (Å²) in [7, 11) is 0. The number of hydrogen-bond acceptors (Lipinski definition) is 1. The van der Waals surface area contributed by atoms with Gasteiger partial charge < -0.3 is 14.0 Å². The Bertz CT molecular complexity index is 3560. The van der Waals surface area contributed by atoms with Crippen LogP contribution in [0, 0.1) is 0 Å². The van der Waals surface area contributed by atoms with E-state index in [1.165, 1.54) is 65.5 Å². The largest absolute Gasteiger partial charge is 0.310 e. The topological polar surface area (TPSA) is 13.1 Å². The Kier molecular flexibility index (Phi) is 8.17. The Morgan fingerprint density at radius 1 is 0.279 bits per heavy atom. The van der Waals surface area contributed by atoms with Gasteiger partial charge in [0.05, 0.1) is 27.8 Å². The summed E-state index contributed by atoms with van der Waals surface area (Å²) < 4.78 is 4.81. The highest BCUT2D eigenvalue weighted by atomic mass is 15.1. The lowest BCUT2D eigenvalue weighted by atomic mass is 9.99. The lowest BCUT2D eigenvalue weighted by Crippen LogP contribution is -2.11. The maximum absolute atomic E-state index is 2.44. The van der Waals surface area contributed by atoms with Crippen LogP contribution in [0.1, 0.15) is 0 Å². The number of aromatic nitrogens is 2. The molecule has 0 unspecified atom stereocenters. The van der Waals surface area contributed by atoms with Gasteiger partial charge in [0.1, 0.15) is 0 Å². The summed E-state index contributed by atoms with van der Waals surface area (Å²) in [5.74, 6) is 0. The first kappa shape index (κ1) is 34.9. The Morgan fingerprint density at radius 2 is 0.787 bits per heavy atom. The Balaban J connectivity index is 1.09. The van der Waals surface area contributed by atoms with Gasteiger partial charge in [0, 0.05) is 49.9 Å². The zero-order chi connectivity index (χ0) is 40.3. The number of anilines is 3. The molecule has 61 heavy (non-hydrogen) atoms. The van der Waals surface area contributed by atoms with Crippen LogP contribution in [0.4, 0.5) is 17.1 Å². The van der Waals surface area contributed by atoms with Crippen LogP contribution in [0.5, 0.6) is 0 Å². The molecule has 0 amide bonds. The van der Waals surface area contributed by atoms with E-state index >= 15 is 0 Å². The van der Waals surface area contributed by atoms with Crippen molar-refractivity contribution in [3.63, 3.8) is 0 Å². The number of benzene rings is 10. The van der Waals surface area contributed by atoms with Crippen molar-refractivity contribution in [2.45, 2.75) is 0 Å². The highest BCUT2D eigenvalue weighted by molar-refractivity contribution is 6.15. The van der Waals surface area contributed by atoms with Crippen molar-refractivity contribution in [1.29, 1.82) is 0 Å². The van der Waals surface area contributed by atoms with Gasteiger partial charge in [0.25, 0.3) is 0 Å². The second kappa shape index (κ2) is 14.3. The van der Waals surface area contributed by atoms with Crippen molar-refractivity contribution in [2.75, 3.05) is 4.90 Å². The molecule has 3 heteroatoms. The highest BCUT2D eigenvalue weighted by Gasteiger charge is 2.22. The van der Waals surface area contributed by atoms with Crippen LogP contribution in [-0.4, -0.2) is 9.13 Å². The summed E-state index contributed by atoms with van der Waals surface area (Å²) in [4.78, 5) is 2.44. The number of hydrogen-bond donors (Lipinski definition) is 0. The van der Waals surface area contributed by atoms with Gasteiger partial charge >= 0.3 is 0 Å². The monoisotopic (exact) mass is 777 g/mol. The van der Waals surface area contributed by atoms with E-state index in [4.69, 9.17) is 0 Å². The molecule has 10 aromatic carbocycles. The third-order valence-corrected chi connectivity index (χ3v) is 12.3. The van der Waals surface area contributed by atoms with E-state index in [1.807, 2.05) is 0 Å². The van der Waals surface area contributed by atoms with Crippen molar-refractivity contribution >= 4 is 71.4 Å². The molecule has 12 aromatic rings. The van der Waals surface area contributed by atoms with Gasteiger partial charge in [-0.15, -0.1) is 0 Å². The summed E-state index contributed by atoms with van der Waals surface area (Å²) in [6.45, 7) is 0. The van der Waals surface area contributed by atoms with Crippen LogP contribution in [0.3, 0.4) is 0 Å². The third kappa shape index (κ3) is 5.82. The second-order valence-electron chi connectivity index (χ2n) is 15.8. The smallest absolute Gasteiger partial charge is 0.0547 e. The van der Waals surface area contributed by atoms with Crippen LogP contribution >= 0.6 is 0 Å². The normalized spacial score (nSPS) is 11.6. The molecule has 0 saturated heterocycles. The van der Waals surface area contributed by atoms with Crippen LogP contribution in [0.15, 0.2) is 237 Å². The van der Waals surface area contributed by atoms with Crippen molar-refractivity contribution in [3.8, 4) is 33.6 Å². The van der Waals surface area contributed by atoms with Crippen LogP contribution in [0.2, 0.25) is 0 Å². The van der Waals surface area contributed by atoms with Crippen LogP contribution in [-0.2, 0) is 0 Å². The molecule has 0 N–H and O–H groups in total. The summed E-state index contributed by atoms with van der Waals surface area (Å²) in [6, 6.07) is 86.0. The number of rotatable bonds is 7. The molecule has 2 heterocycles. The summed E-state index contributed by atoms with van der Waals surface area (Å²) in [5.41, 5.74) is 15.0. The number of nitrogens with zero attached hydrogens (tertiary/aromatic N) is 3. The minimum Gasteiger partial charge on any atom is -0.310 e. The zero-order valence-electron chi connectivity index (χ0n) is 33.4. The van der Waals surface area contributed by atoms with Gasteiger partial charge in [-0.2, -0.15) is 0 Å². The fraction of sp³-hybridized carbons (Fsp3) is 0. The van der Waals surface area contributed by atoms with E-state index < -0.39 is 0 Å². The first-order valence-electron chi connectivity index (χ1n) is 20.9. The standard InChI is InChI=1S/C58H39N3/c1-4-16-40(17-5-1)41-28-31-47(32-29-41)59(48-33-35-56-53(39-48)52-36-42-18-10-11-19-43(42)37-58(52)61(56)46-22-8-3-9-23-46)54-26-14-12-24-49(54)44-30-34-51-50-25-13-15-27-55(50)60(57(51)38-44)45-20-6-2-7-21-45/h1-39H. The quantitative estimate of drug-likeness (QED) is 0.157. The van der Waals surface area contributed by atoms with Gasteiger partial charge in [-0.05, 0) is 112 Å². The van der Waals surface area contributed by atoms with Crippen LogP contribution < -0.4 is 4.90 Å². The summed E-state index contributed by atoms with van der Waals surface area (Å²) >= 11 is 0. The summed E-state index contributed by atoms with van der Waals surface area (Å²) in [6.07, 6.45) is 0. The molecule has 0 atom stereocenters. The average molecular weight is 778 g/mol. The Hall–Kier alpha value is -8.14. The van der Waals surface area contributed by atoms with Crippen molar-refractivity contribution in [2.24, 2.45) is 0 Å². The molecule has 0 radical (unpaired) electrons. The molecule has 0 aliphatic rings. The third-order valence-electron chi connectivity index (χ3n) is 12.3. The lowest BCUT2D eigenvalue weighted by Gasteiger charge is -2.28. The van der Waals surface area contributed by atoms with Crippen LogP contribution in [0.25, 0.3) is 88.0 Å². The molecule has 0 spiro atoms. The predicted octanol–water partition coefficient (Wildman–Crippen LogP) is 15.8. The minimum absolute atomic E-state index is 1.09. The van der Waals surface area contributed by atoms with Crippen molar-refractivity contribution < 1.29 is 0 Å². The molecule has 286 valence electrons. The SMILES string of the molecule is c1ccc(-c2ccc(N(c3ccc4c(c3)c3cc5ccccc5cc3n4-c3ccccc3)c3ccccc3-c3ccc4c5ccccc5n(-c5ccccc5)c4c3)cc2)cc1. The number of para-hydroxylation sites is 4. The van der Waals surface area contributed by atoms with Crippen molar-refractivity contribution in [3.05, 3.63) is 237 Å². The van der Waals surface area contributed by atoms with Gasteiger partial charge in [-0.25, -0.2) is 0 Å².